The van der Waals surface area contributed by atoms with E-state index in [0.717, 1.165) is 36.2 Å². The highest BCUT2D eigenvalue weighted by atomic mass is 32.1. The highest BCUT2D eigenvalue weighted by Crippen LogP contribution is 2.68. The number of aliphatic hydroxyl groups is 2. The van der Waals surface area contributed by atoms with E-state index in [9.17, 15) is 19.4 Å². The molecular weight excluding hydrogens is 463 g/mol. The Balaban J connectivity index is 1.41. The summed E-state index contributed by atoms with van der Waals surface area (Å²) in [6.45, 7) is 6.52. The highest BCUT2D eigenvalue weighted by molar-refractivity contribution is 7.96. The molecule has 35 heavy (non-hydrogen) atoms. The number of hydrogen-bond donors (Lipinski definition) is 3. The molecule has 0 aliphatic heterocycles. The molecule has 0 amide bonds. The molecule has 8 atom stereocenters. The molecule has 2 N–H and O–H groups in total. The Morgan fingerprint density at radius 3 is 2.66 bits per heavy atom. The van der Waals surface area contributed by atoms with Crippen molar-refractivity contribution in [2.45, 2.75) is 64.6 Å². The molecule has 5 nitrogen and oxygen atoms in total. The molecule has 1 aromatic heterocycles. The summed E-state index contributed by atoms with van der Waals surface area (Å²) in [5.41, 5.74) is 1.92. The fraction of sp³-hybridized carbons (Fsp3) is 0.571. The van der Waals surface area contributed by atoms with Crippen molar-refractivity contribution in [2.75, 3.05) is 0 Å². The lowest BCUT2D eigenvalue weighted by Crippen LogP contribution is -2.62. The van der Waals surface area contributed by atoms with Crippen molar-refractivity contribution in [1.82, 2.24) is 9.78 Å². The lowest BCUT2D eigenvalue weighted by atomic mass is 9.44. The molecule has 3 saturated carbocycles. The fourth-order valence-electron chi connectivity index (χ4n) is 8.77. The van der Waals surface area contributed by atoms with Gasteiger partial charge < -0.3 is 10.2 Å². The Bertz CT molecular complexity index is 1240. The number of aliphatic hydroxyl groups excluding tert-OH is 1. The summed E-state index contributed by atoms with van der Waals surface area (Å²) >= 11 is 4.07. The van der Waals surface area contributed by atoms with Crippen LogP contribution in [-0.4, -0.2) is 36.8 Å². The van der Waals surface area contributed by atoms with E-state index in [1.165, 1.54) is 17.7 Å². The van der Waals surface area contributed by atoms with Gasteiger partial charge in [0.2, 0.25) is 5.12 Å². The molecule has 1 aromatic carbocycles. The van der Waals surface area contributed by atoms with Gasteiger partial charge in [0.05, 0.1) is 23.7 Å². The van der Waals surface area contributed by atoms with Crippen molar-refractivity contribution in [2.24, 2.45) is 34.5 Å². The Morgan fingerprint density at radius 1 is 1.26 bits per heavy atom. The minimum absolute atomic E-state index is 0.0442. The van der Waals surface area contributed by atoms with Crippen LogP contribution in [0, 0.1) is 40.3 Å². The molecule has 0 unspecified atom stereocenters. The van der Waals surface area contributed by atoms with Crippen molar-refractivity contribution in [3.05, 3.63) is 53.1 Å². The van der Waals surface area contributed by atoms with Crippen LogP contribution in [0.3, 0.4) is 0 Å². The van der Waals surface area contributed by atoms with Crippen LogP contribution in [0.1, 0.15) is 57.7 Å². The third-order valence-corrected chi connectivity index (χ3v) is 10.7. The molecular formula is C28H33FN2O3S. The molecule has 1 heterocycles. The van der Waals surface area contributed by atoms with Crippen molar-refractivity contribution in [1.29, 1.82) is 0 Å². The summed E-state index contributed by atoms with van der Waals surface area (Å²) in [4.78, 5) is 12.4. The number of carbonyl (C=O) groups excluding carboxylic acids is 1. The summed E-state index contributed by atoms with van der Waals surface area (Å²) in [7, 11) is 0. The average molecular weight is 497 g/mol. The first kappa shape index (κ1) is 23.4. The zero-order valence-corrected chi connectivity index (χ0v) is 21.3. The molecule has 4 aliphatic rings. The van der Waals surface area contributed by atoms with Gasteiger partial charge in [-0.15, -0.1) is 12.6 Å². The van der Waals surface area contributed by atoms with Gasteiger partial charge in [-0.05, 0) is 97.1 Å². The second-order valence-corrected chi connectivity index (χ2v) is 12.4. The van der Waals surface area contributed by atoms with Crippen molar-refractivity contribution in [3.63, 3.8) is 0 Å². The van der Waals surface area contributed by atoms with Crippen molar-refractivity contribution < 1.29 is 19.4 Å². The van der Waals surface area contributed by atoms with Gasteiger partial charge >= 0.3 is 0 Å². The molecule has 0 spiro atoms. The third-order valence-electron chi connectivity index (χ3n) is 10.3. The summed E-state index contributed by atoms with van der Waals surface area (Å²) < 4.78 is 15.4. The average Bonchev–Trinajstić information content (AvgIpc) is 3.31. The SMILES string of the molecule is C[C@H]1C[C@@H]2[C@H]([C@@H](O)C[C@@]3(C)[C@H]2CC[C@]3(O)C(=O)S)[C@@]2(C)Cc3cnn(-c4ccc(F)cc4)c3C=C12. The molecule has 7 heteroatoms. The molecule has 0 radical (unpaired) electrons. The van der Waals surface area contributed by atoms with Crippen molar-refractivity contribution >= 4 is 23.8 Å². The molecule has 4 aliphatic carbocycles. The molecule has 3 fully saturated rings. The predicted octanol–water partition coefficient (Wildman–Crippen LogP) is 4.60. The number of hydrogen-bond acceptors (Lipinski definition) is 4. The fourth-order valence-corrected chi connectivity index (χ4v) is 9.14. The van der Waals surface area contributed by atoms with E-state index in [4.69, 9.17) is 0 Å². The van der Waals surface area contributed by atoms with Crippen LogP contribution >= 0.6 is 12.6 Å². The minimum atomic E-state index is -1.48. The van der Waals surface area contributed by atoms with Gasteiger partial charge in [0.25, 0.3) is 0 Å². The van der Waals surface area contributed by atoms with Crippen LogP contribution in [0.5, 0.6) is 0 Å². The molecule has 186 valence electrons. The maximum atomic E-state index is 13.5. The zero-order chi connectivity index (χ0) is 24.9. The molecule has 0 saturated heterocycles. The normalized spacial score (nSPS) is 41.9. The molecule has 6 rings (SSSR count). The minimum Gasteiger partial charge on any atom is -0.393 e. The predicted molar refractivity (Wildman–Crippen MR) is 134 cm³/mol. The summed E-state index contributed by atoms with van der Waals surface area (Å²) in [6.07, 6.45) is 6.82. The lowest BCUT2D eigenvalue weighted by molar-refractivity contribution is -0.175. The van der Waals surface area contributed by atoms with Crippen LogP contribution in [0.15, 0.2) is 36.0 Å². The van der Waals surface area contributed by atoms with E-state index in [2.05, 4.69) is 37.7 Å². The number of aromatic nitrogens is 2. The van der Waals surface area contributed by atoms with E-state index in [0.29, 0.717) is 18.8 Å². The van der Waals surface area contributed by atoms with Gasteiger partial charge in [-0.25, -0.2) is 9.07 Å². The van der Waals surface area contributed by atoms with Crippen LogP contribution in [0.2, 0.25) is 0 Å². The van der Waals surface area contributed by atoms with E-state index in [1.807, 2.05) is 17.8 Å². The molecule has 2 aromatic rings. The number of halogens is 1. The van der Waals surface area contributed by atoms with E-state index in [-0.39, 0.29) is 29.0 Å². The second kappa shape index (κ2) is 7.53. The zero-order valence-electron chi connectivity index (χ0n) is 20.4. The van der Waals surface area contributed by atoms with Gasteiger partial charge in [0, 0.05) is 5.41 Å². The number of nitrogens with zero attached hydrogens (tertiary/aromatic N) is 2. The van der Waals surface area contributed by atoms with Gasteiger partial charge in [0.1, 0.15) is 11.4 Å². The summed E-state index contributed by atoms with van der Waals surface area (Å²) in [5, 5.41) is 27.2. The first-order valence-electron chi connectivity index (χ1n) is 12.7. The van der Waals surface area contributed by atoms with Crippen LogP contribution < -0.4 is 0 Å². The number of thiol groups is 1. The summed E-state index contributed by atoms with van der Waals surface area (Å²) in [5.74, 6) is 0.449. The van der Waals surface area contributed by atoms with Crippen LogP contribution in [0.4, 0.5) is 4.39 Å². The largest absolute Gasteiger partial charge is 0.393 e. The Labute approximate surface area is 210 Å². The monoisotopic (exact) mass is 496 g/mol. The van der Waals surface area contributed by atoms with Crippen LogP contribution in [-0.2, 0) is 11.2 Å². The number of benzene rings is 1. The molecule has 0 bridgehead atoms. The highest BCUT2D eigenvalue weighted by Gasteiger charge is 2.68. The van der Waals surface area contributed by atoms with E-state index >= 15 is 0 Å². The lowest BCUT2D eigenvalue weighted by Gasteiger charge is -2.61. The first-order valence-corrected chi connectivity index (χ1v) is 13.1. The van der Waals surface area contributed by atoms with Crippen molar-refractivity contribution in [3.8, 4) is 5.69 Å². The Hall–Kier alpha value is -1.96. The summed E-state index contributed by atoms with van der Waals surface area (Å²) in [6, 6.07) is 6.38. The number of fused-ring (bicyclic) bond motifs is 6. The maximum absolute atomic E-state index is 13.5. The van der Waals surface area contributed by atoms with E-state index < -0.39 is 22.2 Å². The van der Waals surface area contributed by atoms with Crippen LogP contribution in [0.25, 0.3) is 11.8 Å². The number of carbonyl (C=O) groups is 1. The van der Waals surface area contributed by atoms with Gasteiger partial charge in [-0.1, -0.05) is 26.3 Å². The van der Waals surface area contributed by atoms with Gasteiger partial charge in [-0.3, -0.25) is 4.79 Å². The maximum Gasteiger partial charge on any atom is 0.218 e. The topological polar surface area (TPSA) is 75.3 Å². The smallest absolute Gasteiger partial charge is 0.218 e. The third kappa shape index (κ3) is 3.01. The number of rotatable bonds is 2. The number of allylic oxidation sites excluding steroid dienone is 1. The Kier molecular flexibility index (Phi) is 5.04. The van der Waals surface area contributed by atoms with Gasteiger partial charge in [-0.2, -0.15) is 5.10 Å². The second-order valence-electron chi connectivity index (χ2n) is 12.0. The Morgan fingerprint density at radius 2 is 1.97 bits per heavy atom. The van der Waals surface area contributed by atoms with Gasteiger partial charge in [0.15, 0.2) is 0 Å². The first-order chi connectivity index (χ1) is 16.5. The quantitative estimate of drug-likeness (QED) is 0.532. The van der Waals surface area contributed by atoms with E-state index in [1.54, 1.807) is 12.1 Å². The standard InChI is InChI=1S/C28H33FN2O3S/c1-15-10-19-20-8-9-28(34,25(33)35)27(20,3)13-23(32)24(19)26(2)12-16-14-30-31(22(16)11-21(15)26)18-6-4-17(29)5-7-18/h4-7,11,14-15,19-20,23-24,32,34H,8-10,12-13H2,1-3H3,(H,33,35)/t15-,19-,20-,23-,24+,26-,27-,28-/m0/s1.